The fraction of sp³-hybridized carbons (Fsp3) is 0.462. The van der Waals surface area contributed by atoms with Gasteiger partial charge < -0.3 is 10.1 Å². The Kier molecular flexibility index (Phi) is 5.97. The molecular weight excluding hydrogens is 290 g/mol. The molecule has 0 aliphatic rings. The lowest BCUT2D eigenvalue weighted by Gasteiger charge is -2.09. The summed E-state index contributed by atoms with van der Waals surface area (Å²) in [6.07, 6.45) is 1.74. The molecule has 0 amide bonds. The highest BCUT2D eigenvalue weighted by Gasteiger charge is 2.12. The molecule has 0 aromatic carbocycles. The van der Waals surface area contributed by atoms with E-state index in [9.17, 15) is 4.79 Å². The molecule has 21 heavy (non-hydrogen) atoms. The first-order valence-corrected chi connectivity index (χ1v) is 7.54. The smallest absolute Gasteiger partial charge is 0.343 e. The van der Waals surface area contributed by atoms with Gasteiger partial charge in [0.15, 0.2) is 5.16 Å². The number of hydrogen-bond acceptors (Lipinski definition) is 6. The van der Waals surface area contributed by atoms with Crippen molar-refractivity contribution in [2.24, 2.45) is 0 Å². The Balaban J connectivity index is 2.10. The summed E-state index contributed by atoms with van der Waals surface area (Å²) in [7, 11) is 1.68. The standard InChI is InChI=1S/C13H19N5O2S/c1-3-18-12(19)16-17-13(18)21-11-10(5-4-6-15-11)9-14-7-8-20-2/h4-6,14H,3,7-9H2,1-2H3,(H,16,19). The van der Waals surface area contributed by atoms with Crippen LogP contribution in [0.4, 0.5) is 0 Å². The number of hydrogen-bond donors (Lipinski definition) is 2. The number of nitrogens with zero attached hydrogens (tertiary/aromatic N) is 3. The van der Waals surface area contributed by atoms with Crippen LogP contribution in [0.2, 0.25) is 0 Å². The highest BCUT2D eigenvalue weighted by molar-refractivity contribution is 7.99. The average molecular weight is 309 g/mol. The Morgan fingerprint density at radius 2 is 2.38 bits per heavy atom. The number of rotatable bonds is 8. The molecule has 114 valence electrons. The summed E-state index contributed by atoms with van der Waals surface area (Å²) in [5, 5.41) is 11.3. The van der Waals surface area contributed by atoms with E-state index < -0.39 is 0 Å². The Hall–Kier alpha value is -1.64. The SMILES string of the molecule is CCn1c(Sc2ncccc2CNCCOC)n[nH]c1=O. The van der Waals surface area contributed by atoms with Gasteiger partial charge in [0.2, 0.25) is 0 Å². The second-order valence-corrected chi connectivity index (χ2v) is 5.25. The van der Waals surface area contributed by atoms with Gasteiger partial charge in [0.1, 0.15) is 5.03 Å². The van der Waals surface area contributed by atoms with Crippen molar-refractivity contribution >= 4 is 11.8 Å². The Morgan fingerprint density at radius 3 is 3.14 bits per heavy atom. The van der Waals surface area contributed by atoms with Crippen LogP contribution in [0.5, 0.6) is 0 Å². The van der Waals surface area contributed by atoms with Crippen molar-refractivity contribution in [1.82, 2.24) is 25.1 Å². The Morgan fingerprint density at radius 1 is 1.52 bits per heavy atom. The van der Waals surface area contributed by atoms with Gasteiger partial charge in [-0.1, -0.05) is 6.07 Å². The number of pyridine rings is 1. The highest BCUT2D eigenvalue weighted by Crippen LogP contribution is 2.26. The fourth-order valence-electron chi connectivity index (χ4n) is 1.79. The molecule has 0 aliphatic heterocycles. The number of methoxy groups -OCH3 is 1. The van der Waals surface area contributed by atoms with E-state index in [1.54, 1.807) is 17.9 Å². The van der Waals surface area contributed by atoms with Gasteiger partial charge in [0.05, 0.1) is 6.61 Å². The number of aromatic amines is 1. The maximum Gasteiger partial charge on any atom is 0.343 e. The fourth-order valence-corrected chi connectivity index (χ4v) is 2.77. The number of ether oxygens (including phenoxy) is 1. The van der Waals surface area contributed by atoms with Crippen LogP contribution in [-0.2, 0) is 17.8 Å². The van der Waals surface area contributed by atoms with Crippen LogP contribution in [0.1, 0.15) is 12.5 Å². The minimum Gasteiger partial charge on any atom is -0.383 e. The van der Waals surface area contributed by atoms with Gasteiger partial charge in [-0.25, -0.2) is 14.9 Å². The molecule has 0 bridgehead atoms. The molecule has 0 spiro atoms. The Bertz CT molecular complexity index is 625. The predicted molar refractivity (Wildman–Crippen MR) is 80.5 cm³/mol. The molecule has 0 saturated heterocycles. The van der Waals surface area contributed by atoms with Crippen molar-refractivity contribution in [3.63, 3.8) is 0 Å². The number of H-pyrrole nitrogens is 1. The van der Waals surface area contributed by atoms with Gasteiger partial charge in [-0.2, -0.15) is 0 Å². The third kappa shape index (κ3) is 4.16. The van der Waals surface area contributed by atoms with Crippen LogP contribution in [0.15, 0.2) is 33.3 Å². The van der Waals surface area contributed by atoms with Crippen molar-refractivity contribution in [2.75, 3.05) is 20.3 Å². The quantitative estimate of drug-likeness (QED) is 0.704. The Labute approximate surface area is 127 Å². The summed E-state index contributed by atoms with van der Waals surface area (Å²) < 4.78 is 6.59. The maximum absolute atomic E-state index is 11.6. The molecule has 2 N–H and O–H groups in total. The highest BCUT2D eigenvalue weighted by atomic mass is 32.2. The minimum atomic E-state index is -0.198. The lowest BCUT2D eigenvalue weighted by molar-refractivity contribution is 0.199. The lowest BCUT2D eigenvalue weighted by atomic mass is 10.3. The zero-order chi connectivity index (χ0) is 15.1. The van der Waals surface area contributed by atoms with Crippen LogP contribution in [0.25, 0.3) is 0 Å². The molecule has 2 aromatic heterocycles. The van der Waals surface area contributed by atoms with Crippen molar-refractivity contribution in [2.45, 2.75) is 30.2 Å². The van der Waals surface area contributed by atoms with Gasteiger partial charge in [-0.3, -0.25) is 4.57 Å². The normalized spacial score (nSPS) is 11.0. The molecule has 2 aromatic rings. The molecule has 0 fully saturated rings. The molecule has 0 radical (unpaired) electrons. The van der Waals surface area contributed by atoms with Gasteiger partial charge in [0, 0.05) is 32.9 Å². The minimum absolute atomic E-state index is 0.198. The predicted octanol–water partition coefficient (Wildman–Crippen LogP) is 0.873. The molecule has 0 atom stereocenters. The number of nitrogens with one attached hydrogen (secondary N) is 2. The first-order valence-electron chi connectivity index (χ1n) is 6.72. The first-order chi connectivity index (χ1) is 10.3. The molecule has 2 rings (SSSR count). The van der Waals surface area contributed by atoms with Gasteiger partial charge >= 0.3 is 5.69 Å². The summed E-state index contributed by atoms with van der Waals surface area (Å²) >= 11 is 1.39. The summed E-state index contributed by atoms with van der Waals surface area (Å²) in [5.41, 5.74) is 0.868. The summed E-state index contributed by atoms with van der Waals surface area (Å²) in [5.74, 6) is 0. The molecule has 8 heteroatoms. The zero-order valence-electron chi connectivity index (χ0n) is 12.1. The molecule has 0 saturated carbocycles. The molecule has 0 unspecified atom stereocenters. The third-order valence-corrected chi connectivity index (χ3v) is 3.93. The van der Waals surface area contributed by atoms with E-state index in [1.165, 1.54) is 11.8 Å². The second kappa shape index (κ2) is 7.96. The molecule has 7 nitrogen and oxygen atoms in total. The second-order valence-electron chi connectivity index (χ2n) is 4.29. The summed E-state index contributed by atoms with van der Waals surface area (Å²) in [6.45, 7) is 4.62. The van der Waals surface area contributed by atoms with E-state index in [2.05, 4.69) is 20.5 Å². The van der Waals surface area contributed by atoms with Crippen molar-refractivity contribution in [3.8, 4) is 0 Å². The topological polar surface area (TPSA) is 84.8 Å². The molecule has 0 aliphatic carbocycles. The van der Waals surface area contributed by atoms with Gasteiger partial charge in [-0.15, -0.1) is 5.10 Å². The summed E-state index contributed by atoms with van der Waals surface area (Å²) in [4.78, 5) is 16.0. The largest absolute Gasteiger partial charge is 0.383 e. The van der Waals surface area contributed by atoms with Crippen LogP contribution in [-0.4, -0.2) is 40.0 Å². The monoisotopic (exact) mass is 309 g/mol. The zero-order valence-corrected chi connectivity index (χ0v) is 12.9. The van der Waals surface area contributed by atoms with E-state index in [0.717, 1.165) is 17.1 Å². The number of aromatic nitrogens is 4. The van der Waals surface area contributed by atoms with Crippen molar-refractivity contribution in [3.05, 3.63) is 34.4 Å². The van der Waals surface area contributed by atoms with Crippen LogP contribution in [0, 0.1) is 0 Å². The van der Waals surface area contributed by atoms with Gasteiger partial charge in [-0.05, 0) is 30.3 Å². The first kappa shape index (κ1) is 15.7. The van der Waals surface area contributed by atoms with E-state index in [-0.39, 0.29) is 5.69 Å². The lowest BCUT2D eigenvalue weighted by Crippen LogP contribution is -2.19. The van der Waals surface area contributed by atoms with Crippen LogP contribution < -0.4 is 11.0 Å². The van der Waals surface area contributed by atoms with Gasteiger partial charge in [0.25, 0.3) is 0 Å². The van der Waals surface area contributed by atoms with E-state index in [1.807, 2.05) is 19.1 Å². The molecular formula is C13H19N5O2S. The van der Waals surface area contributed by atoms with Crippen LogP contribution >= 0.6 is 11.8 Å². The third-order valence-electron chi connectivity index (χ3n) is 2.88. The van der Waals surface area contributed by atoms with Crippen molar-refractivity contribution < 1.29 is 4.74 Å². The van der Waals surface area contributed by atoms with E-state index in [4.69, 9.17) is 4.74 Å². The van der Waals surface area contributed by atoms with E-state index >= 15 is 0 Å². The maximum atomic E-state index is 11.6. The van der Waals surface area contributed by atoms with Crippen molar-refractivity contribution in [1.29, 1.82) is 0 Å². The average Bonchev–Trinajstić information content (AvgIpc) is 2.85. The van der Waals surface area contributed by atoms with Crippen LogP contribution in [0.3, 0.4) is 0 Å². The molecule has 2 heterocycles. The van der Waals surface area contributed by atoms with E-state index in [0.29, 0.717) is 24.9 Å². The summed E-state index contributed by atoms with van der Waals surface area (Å²) in [6, 6.07) is 3.91.